The Balaban J connectivity index is 1.64. The van der Waals surface area contributed by atoms with E-state index in [1.807, 2.05) is 12.1 Å². The smallest absolute Gasteiger partial charge is 0.383 e. The fourth-order valence-electron chi connectivity index (χ4n) is 5.00. The maximum absolute atomic E-state index is 13.7. The summed E-state index contributed by atoms with van der Waals surface area (Å²) in [4.78, 5) is 17.4. The molecule has 0 aliphatic carbocycles. The second kappa shape index (κ2) is 12.1. The summed E-state index contributed by atoms with van der Waals surface area (Å²) in [6.45, 7) is 2.87. The van der Waals surface area contributed by atoms with Crippen molar-refractivity contribution in [3.8, 4) is 12.3 Å². The summed E-state index contributed by atoms with van der Waals surface area (Å²) in [7, 11) is 1.67. The van der Waals surface area contributed by atoms with E-state index in [-0.39, 0.29) is 16.1 Å². The molecule has 13 heteroatoms. The maximum Gasteiger partial charge on any atom is 0.395 e. The first-order valence-electron chi connectivity index (χ1n) is 14.1. The molecule has 2 atom stereocenters. The molecule has 5 rings (SSSR count). The first-order chi connectivity index (χ1) is 21.3. The lowest BCUT2D eigenvalue weighted by Crippen LogP contribution is -2.43. The molecule has 0 spiro atoms. The largest absolute Gasteiger partial charge is 0.395 e. The fourth-order valence-corrected chi connectivity index (χ4v) is 5.26. The second-order valence-corrected chi connectivity index (χ2v) is 12.0. The summed E-state index contributed by atoms with van der Waals surface area (Å²) in [6.07, 6.45) is 6.07. The van der Waals surface area contributed by atoms with E-state index >= 15 is 0 Å². The average Bonchev–Trinajstić information content (AvgIpc) is 3.49. The van der Waals surface area contributed by atoms with Gasteiger partial charge in [-0.05, 0) is 56.0 Å². The number of rotatable bonds is 9. The number of halogens is 5. The van der Waals surface area contributed by atoms with Gasteiger partial charge in [0.1, 0.15) is 6.67 Å². The lowest BCUT2D eigenvalue weighted by Gasteiger charge is -2.29. The van der Waals surface area contributed by atoms with E-state index in [2.05, 4.69) is 32.5 Å². The van der Waals surface area contributed by atoms with Gasteiger partial charge in [-0.2, -0.15) is 13.2 Å². The number of benzene rings is 2. The van der Waals surface area contributed by atoms with Crippen molar-refractivity contribution >= 4 is 44.7 Å². The van der Waals surface area contributed by atoms with Crippen LogP contribution in [-0.4, -0.2) is 40.0 Å². The van der Waals surface area contributed by atoms with Gasteiger partial charge in [-0.3, -0.25) is 14.8 Å². The van der Waals surface area contributed by atoms with Crippen LogP contribution in [0.25, 0.3) is 21.7 Å². The zero-order chi connectivity index (χ0) is 32.7. The number of fused-ring (bicyclic) bond motifs is 2. The Morgan fingerprint density at radius 1 is 1.16 bits per heavy atom. The minimum atomic E-state index is -4.46. The van der Waals surface area contributed by atoms with Crippen LogP contribution in [0.1, 0.15) is 37.9 Å². The molecule has 0 unspecified atom stereocenters. The molecule has 3 heterocycles. The SMILES string of the molecule is C#Cc1cnc2c(Cl)cc(N[C@H](C3=CN([C@@H](C)CF)NN3)c3cccc4c(=O)n(C)ccc34)cc2c1NCC(C)(C)C(F)(F)F. The molecule has 0 bridgehead atoms. The van der Waals surface area contributed by atoms with E-state index in [1.54, 1.807) is 55.6 Å². The van der Waals surface area contributed by atoms with Gasteiger partial charge in [0.2, 0.25) is 0 Å². The number of pyridine rings is 2. The predicted molar refractivity (Wildman–Crippen MR) is 170 cm³/mol. The number of terminal acetylenes is 1. The molecule has 236 valence electrons. The highest BCUT2D eigenvalue weighted by Crippen LogP contribution is 2.40. The lowest BCUT2D eigenvalue weighted by atomic mass is 9.92. The summed E-state index contributed by atoms with van der Waals surface area (Å²) in [5, 5.41) is 9.82. The van der Waals surface area contributed by atoms with Gasteiger partial charge < -0.3 is 20.6 Å². The molecule has 8 nitrogen and oxygen atoms in total. The van der Waals surface area contributed by atoms with E-state index in [0.717, 1.165) is 19.4 Å². The van der Waals surface area contributed by atoms with Crippen LogP contribution < -0.4 is 27.2 Å². The highest BCUT2D eigenvalue weighted by Gasteiger charge is 2.47. The normalized spacial score (nSPS) is 15.0. The first-order valence-corrected chi connectivity index (χ1v) is 14.5. The highest BCUT2D eigenvalue weighted by atomic mass is 35.5. The quantitative estimate of drug-likeness (QED) is 0.124. The Kier molecular flexibility index (Phi) is 8.62. The highest BCUT2D eigenvalue weighted by molar-refractivity contribution is 6.35. The van der Waals surface area contributed by atoms with Gasteiger partial charge in [0.05, 0.1) is 45.0 Å². The summed E-state index contributed by atoms with van der Waals surface area (Å²) < 4.78 is 56.1. The molecule has 4 N–H and O–H groups in total. The molecular weight excluding hydrogens is 610 g/mol. The van der Waals surface area contributed by atoms with Gasteiger partial charge in [0, 0.05) is 48.6 Å². The van der Waals surface area contributed by atoms with Gasteiger partial charge in [0.25, 0.3) is 5.56 Å². The molecule has 45 heavy (non-hydrogen) atoms. The number of aryl methyl sites for hydroxylation is 1. The zero-order valence-electron chi connectivity index (χ0n) is 25.0. The average molecular weight is 642 g/mol. The third kappa shape index (κ3) is 6.10. The predicted octanol–water partition coefficient (Wildman–Crippen LogP) is 6.40. The van der Waals surface area contributed by atoms with E-state index in [9.17, 15) is 22.4 Å². The Bertz CT molecular complexity index is 1900. The number of nitrogens with one attached hydrogen (secondary N) is 4. The van der Waals surface area contributed by atoms with Crippen LogP contribution in [0.4, 0.5) is 28.9 Å². The van der Waals surface area contributed by atoms with Crippen LogP contribution in [0.3, 0.4) is 0 Å². The summed E-state index contributed by atoms with van der Waals surface area (Å²) in [5.41, 5.74) is 6.57. The number of anilines is 2. The molecule has 0 amide bonds. The van der Waals surface area contributed by atoms with Crippen LogP contribution in [0.2, 0.25) is 5.02 Å². The zero-order valence-corrected chi connectivity index (χ0v) is 25.7. The van der Waals surface area contributed by atoms with Crippen molar-refractivity contribution in [1.29, 1.82) is 0 Å². The van der Waals surface area contributed by atoms with E-state index in [0.29, 0.717) is 38.7 Å². The van der Waals surface area contributed by atoms with Crippen LogP contribution in [0, 0.1) is 17.8 Å². The van der Waals surface area contributed by atoms with Crippen molar-refractivity contribution in [3.63, 3.8) is 0 Å². The van der Waals surface area contributed by atoms with Crippen LogP contribution in [-0.2, 0) is 7.05 Å². The molecule has 0 saturated heterocycles. The number of hydrogen-bond acceptors (Lipinski definition) is 7. The minimum Gasteiger partial charge on any atom is -0.383 e. The summed E-state index contributed by atoms with van der Waals surface area (Å²) in [5.74, 6) is 2.50. The molecule has 1 aliphatic rings. The molecule has 0 saturated carbocycles. The van der Waals surface area contributed by atoms with Gasteiger partial charge >= 0.3 is 6.18 Å². The molecular formula is C32H32ClF4N7O. The van der Waals surface area contributed by atoms with Crippen molar-refractivity contribution in [2.45, 2.75) is 39.0 Å². The molecule has 1 aliphatic heterocycles. The number of alkyl halides is 4. The number of aromatic nitrogens is 2. The van der Waals surface area contributed by atoms with Gasteiger partial charge in [-0.25, -0.2) is 4.39 Å². The van der Waals surface area contributed by atoms with E-state index in [4.69, 9.17) is 18.0 Å². The Morgan fingerprint density at radius 3 is 2.60 bits per heavy atom. The molecule has 0 fully saturated rings. The number of nitrogens with zero attached hydrogens (tertiary/aromatic N) is 3. The third-order valence-electron chi connectivity index (χ3n) is 7.95. The van der Waals surface area contributed by atoms with Crippen molar-refractivity contribution < 1.29 is 17.6 Å². The van der Waals surface area contributed by atoms with Crippen LogP contribution >= 0.6 is 11.6 Å². The van der Waals surface area contributed by atoms with Gasteiger partial charge in [0.15, 0.2) is 0 Å². The minimum absolute atomic E-state index is 0.175. The van der Waals surface area contributed by atoms with Crippen LogP contribution in [0.5, 0.6) is 0 Å². The molecule has 2 aromatic heterocycles. The summed E-state index contributed by atoms with van der Waals surface area (Å²) >= 11 is 6.70. The second-order valence-electron chi connectivity index (χ2n) is 11.6. The van der Waals surface area contributed by atoms with Crippen molar-refractivity contribution in [2.75, 3.05) is 23.9 Å². The van der Waals surface area contributed by atoms with E-state index in [1.165, 1.54) is 10.8 Å². The molecule has 0 radical (unpaired) electrons. The van der Waals surface area contributed by atoms with Crippen molar-refractivity contribution in [2.24, 2.45) is 12.5 Å². The fraction of sp³-hybridized carbons (Fsp3) is 0.312. The number of hydrazine groups is 2. The Morgan fingerprint density at radius 2 is 1.91 bits per heavy atom. The lowest BCUT2D eigenvalue weighted by molar-refractivity contribution is -0.206. The molecule has 2 aromatic carbocycles. The van der Waals surface area contributed by atoms with Gasteiger partial charge in [-0.15, -0.1) is 12.0 Å². The summed E-state index contributed by atoms with van der Waals surface area (Å²) in [6, 6.07) is 9.49. The standard InChI is InChI=1S/C32H32ClF4N7O/c1-6-19-15-38-28-24(27(19)39-17-31(3,4)32(35,36)37)12-20(13-25(28)33)40-29(26-16-44(42-41-26)18(2)14-34)22-8-7-9-23-21(22)10-11-43(5)30(23)45/h1,7-13,15-16,18,29,40-42H,14,17H2,2-5H3,(H,38,39)/t18-,29-/m0/s1. The topological polar surface area (TPSA) is 86.2 Å². The third-order valence-corrected chi connectivity index (χ3v) is 8.24. The van der Waals surface area contributed by atoms with E-state index < -0.39 is 36.9 Å². The molecule has 4 aromatic rings. The Hall–Kier alpha value is -4.47. The number of hydrogen-bond donors (Lipinski definition) is 4. The maximum atomic E-state index is 13.7. The monoisotopic (exact) mass is 641 g/mol. The van der Waals surface area contributed by atoms with Gasteiger partial charge in [-0.1, -0.05) is 29.7 Å². The first kappa shape index (κ1) is 31.9. The Labute approximate surface area is 262 Å². The van der Waals surface area contributed by atoms with Crippen LogP contribution in [0.15, 0.2) is 65.5 Å². The van der Waals surface area contributed by atoms with Crippen molar-refractivity contribution in [3.05, 3.63) is 87.2 Å². The van der Waals surface area contributed by atoms with Crippen molar-refractivity contribution in [1.82, 2.24) is 25.5 Å².